The topological polar surface area (TPSA) is 92.7 Å². The molecule has 0 saturated carbocycles. The molecule has 1 amide bonds. The number of hydrogen-bond acceptors (Lipinski definition) is 4. The Morgan fingerprint density at radius 1 is 1.03 bits per heavy atom. The van der Waals surface area contributed by atoms with Crippen LogP contribution >= 0.6 is 0 Å². The lowest BCUT2D eigenvalue weighted by atomic mass is 9.94. The molecule has 0 unspecified atom stereocenters. The van der Waals surface area contributed by atoms with E-state index in [4.69, 9.17) is 4.74 Å². The molecule has 0 aliphatic carbocycles. The first-order valence-electron chi connectivity index (χ1n) is 9.96. The number of nitrogens with one attached hydrogen (secondary N) is 1. The van der Waals surface area contributed by atoms with Gasteiger partial charge in [0, 0.05) is 12.0 Å². The van der Waals surface area contributed by atoms with Crippen LogP contribution in [0.25, 0.3) is 21.9 Å². The van der Waals surface area contributed by atoms with Crippen LogP contribution in [-0.2, 0) is 16.0 Å². The number of aldehydes is 1. The van der Waals surface area contributed by atoms with Crippen LogP contribution < -0.4 is 5.32 Å². The van der Waals surface area contributed by atoms with Gasteiger partial charge in [-0.15, -0.1) is 0 Å². The second-order valence-corrected chi connectivity index (χ2v) is 8.30. The Morgan fingerprint density at radius 2 is 1.71 bits per heavy atom. The van der Waals surface area contributed by atoms with E-state index in [0.29, 0.717) is 5.56 Å². The Morgan fingerprint density at radius 3 is 2.32 bits per heavy atom. The number of aliphatic carboxylic acids is 1. The SMILES string of the molecule is CC(C)(C)OC(=O)N[C@@H](Cc1ccc(-c2ccc3ccccc3c2C=O)cc1)C(=O)O. The van der Waals surface area contributed by atoms with Crippen LogP contribution in [0.15, 0.2) is 60.7 Å². The number of ether oxygens (including phenoxy) is 1. The summed E-state index contributed by atoms with van der Waals surface area (Å²) in [5.41, 5.74) is 2.29. The molecule has 0 radical (unpaired) electrons. The van der Waals surface area contributed by atoms with Crippen molar-refractivity contribution < 1.29 is 24.2 Å². The minimum absolute atomic E-state index is 0.104. The molecule has 3 rings (SSSR count). The van der Waals surface area contributed by atoms with Gasteiger partial charge in [0.1, 0.15) is 11.6 Å². The van der Waals surface area contributed by atoms with Crippen LogP contribution in [0.1, 0.15) is 36.7 Å². The Labute approximate surface area is 180 Å². The molecular weight excluding hydrogens is 394 g/mol. The number of carboxylic acids is 1. The lowest BCUT2D eigenvalue weighted by Gasteiger charge is -2.22. The Hall–Kier alpha value is -3.67. The fraction of sp³-hybridized carbons (Fsp3) is 0.240. The van der Waals surface area contributed by atoms with Gasteiger partial charge in [0.05, 0.1) is 0 Å². The smallest absolute Gasteiger partial charge is 0.408 e. The first-order chi connectivity index (χ1) is 14.7. The third-order valence-electron chi connectivity index (χ3n) is 4.78. The number of alkyl carbamates (subject to hydrolysis) is 1. The van der Waals surface area contributed by atoms with Gasteiger partial charge in [-0.1, -0.05) is 60.7 Å². The van der Waals surface area contributed by atoms with E-state index in [1.165, 1.54) is 0 Å². The average molecular weight is 419 g/mol. The number of carbonyl (C=O) groups is 3. The van der Waals surface area contributed by atoms with Gasteiger partial charge in [0.15, 0.2) is 6.29 Å². The van der Waals surface area contributed by atoms with E-state index in [0.717, 1.165) is 33.7 Å². The van der Waals surface area contributed by atoms with Gasteiger partial charge in [-0.3, -0.25) is 4.79 Å². The van der Waals surface area contributed by atoms with E-state index in [2.05, 4.69) is 5.32 Å². The van der Waals surface area contributed by atoms with Crippen molar-refractivity contribution in [1.29, 1.82) is 0 Å². The molecule has 6 nitrogen and oxygen atoms in total. The van der Waals surface area contributed by atoms with Crippen LogP contribution in [-0.4, -0.2) is 35.1 Å². The van der Waals surface area contributed by atoms with E-state index in [1.807, 2.05) is 48.5 Å². The predicted molar refractivity (Wildman–Crippen MR) is 119 cm³/mol. The minimum atomic E-state index is -1.15. The first-order valence-corrected chi connectivity index (χ1v) is 9.96. The average Bonchev–Trinajstić information content (AvgIpc) is 2.71. The molecule has 3 aromatic carbocycles. The first kappa shape index (κ1) is 22.0. The lowest BCUT2D eigenvalue weighted by Crippen LogP contribution is -2.44. The van der Waals surface area contributed by atoms with Crippen molar-refractivity contribution >= 4 is 29.1 Å². The number of benzene rings is 3. The molecule has 0 spiro atoms. The minimum Gasteiger partial charge on any atom is -0.480 e. The maximum absolute atomic E-state index is 12.0. The number of hydrogen-bond donors (Lipinski definition) is 2. The van der Waals surface area contributed by atoms with E-state index >= 15 is 0 Å². The van der Waals surface area contributed by atoms with Gasteiger partial charge in [-0.05, 0) is 48.2 Å². The van der Waals surface area contributed by atoms with E-state index in [1.54, 1.807) is 32.9 Å². The van der Waals surface area contributed by atoms with Gasteiger partial charge in [-0.25, -0.2) is 9.59 Å². The maximum Gasteiger partial charge on any atom is 0.408 e. The highest BCUT2D eigenvalue weighted by Crippen LogP contribution is 2.29. The molecular formula is C25H25NO5. The molecule has 0 aliphatic heterocycles. The van der Waals surface area contributed by atoms with Crippen LogP contribution in [0.3, 0.4) is 0 Å². The third-order valence-corrected chi connectivity index (χ3v) is 4.78. The highest BCUT2D eigenvalue weighted by Gasteiger charge is 2.24. The Balaban J connectivity index is 1.81. The van der Waals surface area contributed by atoms with Crippen molar-refractivity contribution in [3.05, 3.63) is 71.8 Å². The molecule has 0 aromatic heterocycles. The van der Waals surface area contributed by atoms with Crippen molar-refractivity contribution in [2.75, 3.05) is 0 Å². The van der Waals surface area contributed by atoms with Crippen LogP contribution in [0.5, 0.6) is 0 Å². The second-order valence-electron chi connectivity index (χ2n) is 8.30. The fourth-order valence-electron chi connectivity index (χ4n) is 3.38. The zero-order chi connectivity index (χ0) is 22.6. The molecule has 0 heterocycles. The molecule has 31 heavy (non-hydrogen) atoms. The summed E-state index contributed by atoms with van der Waals surface area (Å²) in [5, 5.41) is 13.7. The summed E-state index contributed by atoms with van der Waals surface area (Å²) in [4.78, 5) is 35.3. The van der Waals surface area contributed by atoms with E-state index in [-0.39, 0.29) is 6.42 Å². The van der Waals surface area contributed by atoms with Crippen LogP contribution in [0, 0.1) is 0 Å². The summed E-state index contributed by atoms with van der Waals surface area (Å²) in [6.45, 7) is 5.13. The lowest BCUT2D eigenvalue weighted by molar-refractivity contribution is -0.139. The number of carboxylic acid groups (broad SMARTS) is 1. The summed E-state index contributed by atoms with van der Waals surface area (Å²) >= 11 is 0. The van der Waals surface area contributed by atoms with Crippen molar-refractivity contribution in [2.24, 2.45) is 0 Å². The number of amides is 1. The molecule has 6 heteroatoms. The highest BCUT2D eigenvalue weighted by molar-refractivity contribution is 6.04. The van der Waals surface area contributed by atoms with Crippen molar-refractivity contribution in [2.45, 2.75) is 38.8 Å². The maximum atomic E-state index is 12.0. The summed E-state index contributed by atoms with van der Waals surface area (Å²) in [6, 6.07) is 17.7. The third kappa shape index (κ3) is 5.48. The zero-order valence-corrected chi connectivity index (χ0v) is 17.7. The van der Waals surface area contributed by atoms with Gasteiger partial charge in [-0.2, -0.15) is 0 Å². The van der Waals surface area contributed by atoms with Crippen LogP contribution in [0.4, 0.5) is 4.79 Å². The quantitative estimate of drug-likeness (QED) is 0.558. The highest BCUT2D eigenvalue weighted by atomic mass is 16.6. The molecule has 0 aliphatic rings. The Kier molecular flexibility index (Phi) is 6.39. The molecule has 3 aromatic rings. The van der Waals surface area contributed by atoms with Gasteiger partial charge < -0.3 is 15.2 Å². The standard InChI is InChI=1S/C25H25NO5/c1-25(2,3)31-24(30)26-22(23(28)29)14-16-8-10-18(11-9-16)20-13-12-17-6-4-5-7-19(17)21(20)15-27/h4-13,15,22H,14H2,1-3H3,(H,26,30)(H,28,29)/t22-/m0/s1. The number of fused-ring (bicyclic) bond motifs is 1. The predicted octanol–water partition coefficient (Wildman–Crippen LogP) is 4.84. The van der Waals surface area contributed by atoms with E-state index < -0.39 is 23.7 Å². The second kappa shape index (κ2) is 9.00. The van der Waals surface area contributed by atoms with Crippen LogP contribution in [0.2, 0.25) is 0 Å². The monoisotopic (exact) mass is 419 g/mol. The van der Waals surface area contributed by atoms with Crippen molar-refractivity contribution in [1.82, 2.24) is 5.32 Å². The largest absolute Gasteiger partial charge is 0.480 e. The fourth-order valence-corrected chi connectivity index (χ4v) is 3.38. The molecule has 2 N–H and O–H groups in total. The van der Waals surface area contributed by atoms with Gasteiger partial charge in [0.2, 0.25) is 0 Å². The zero-order valence-electron chi connectivity index (χ0n) is 17.7. The number of carbonyl (C=O) groups excluding carboxylic acids is 2. The van der Waals surface area contributed by atoms with Crippen molar-refractivity contribution in [3.63, 3.8) is 0 Å². The number of rotatable bonds is 6. The summed E-state index contributed by atoms with van der Waals surface area (Å²) < 4.78 is 5.15. The van der Waals surface area contributed by atoms with Crippen molar-refractivity contribution in [3.8, 4) is 11.1 Å². The normalized spacial score (nSPS) is 12.2. The molecule has 160 valence electrons. The summed E-state index contributed by atoms with van der Waals surface area (Å²) in [7, 11) is 0. The van der Waals surface area contributed by atoms with Gasteiger partial charge in [0.25, 0.3) is 0 Å². The van der Waals surface area contributed by atoms with E-state index in [9.17, 15) is 19.5 Å². The van der Waals surface area contributed by atoms with Gasteiger partial charge >= 0.3 is 12.1 Å². The molecule has 0 fully saturated rings. The summed E-state index contributed by atoms with van der Waals surface area (Å²) in [5.74, 6) is -1.15. The molecule has 1 atom stereocenters. The molecule has 0 saturated heterocycles. The summed E-state index contributed by atoms with van der Waals surface area (Å²) in [6.07, 6.45) is 0.187. The Bertz CT molecular complexity index is 1110. The molecule has 0 bridgehead atoms.